The number of carboxylic acids is 1. The fourth-order valence-electron chi connectivity index (χ4n) is 13.1. The van der Waals surface area contributed by atoms with E-state index in [9.17, 15) is 34.5 Å². The number of aromatic carboxylic acids is 1. The van der Waals surface area contributed by atoms with Crippen LogP contribution in [0.1, 0.15) is 124 Å². The number of benzene rings is 1. The number of methoxy groups -OCH3 is 1. The van der Waals surface area contributed by atoms with Crippen LogP contribution in [0.5, 0.6) is 0 Å². The molecule has 4 saturated heterocycles. The Morgan fingerprint density at radius 3 is 2.23 bits per heavy atom. The number of rotatable bonds is 23. The van der Waals surface area contributed by atoms with Gasteiger partial charge in [0.2, 0.25) is 5.43 Å². The molecule has 1 saturated carbocycles. The first-order chi connectivity index (χ1) is 39.6. The summed E-state index contributed by atoms with van der Waals surface area (Å²) in [6.07, 6.45) is -4.68. The molecule has 5 aliphatic rings. The number of nitrogens with one attached hydrogen (secondary N) is 2. The van der Waals surface area contributed by atoms with Gasteiger partial charge < -0.3 is 87.5 Å². The highest BCUT2D eigenvalue weighted by atomic mass is 35.5. The van der Waals surface area contributed by atoms with Gasteiger partial charge in [-0.3, -0.25) is 14.5 Å². The van der Waals surface area contributed by atoms with Crippen LogP contribution in [0, 0.1) is 17.8 Å². The molecule has 0 radical (unpaired) electrons. The summed E-state index contributed by atoms with van der Waals surface area (Å²) in [7, 11) is 7.31. The maximum absolute atomic E-state index is 14.8. The third-order valence-corrected chi connectivity index (χ3v) is 18.2. The number of aliphatic hydroxyl groups is 2. The Hall–Kier alpha value is -3.79. The molecule has 5 fully saturated rings. The second-order valence-electron chi connectivity index (χ2n) is 25.0. The standard InChI is InChI=1S/C60H96ClN5O18/c1-15-46-60(10)52(83-57(72)84-60)37(6)65(13)31-33(2)29-58(8,73)51(82-56-49(68)45(64(11)12)26-34(3)78-56)35(4)50(36(5)55(71)80-46)81-47-30-59(9,74-14)53(38(7)79-47)77-23-19-62-18-21-75-24-25-76-22-20-63-43-27-40-44(28-42(43)61)66(39-16-17-39)32-41(48(40)67)54(69)70/h27-28,32-39,45-47,49-53,56,62-63,68,73H,15-26,29-31H2,1-14H3,(H,69,70)/t33-,34-,35+,36-,37-,38+,45+,46-,47+,49-,50+,51-,52-,53+,56+,58-,59-,60-/m1/s1. The predicted octanol–water partition coefficient (Wildman–Crippen LogP) is 5.84. The quantitative estimate of drug-likeness (QED) is 0.0646. The molecule has 1 aliphatic carbocycles. The summed E-state index contributed by atoms with van der Waals surface area (Å²) < 4.78 is 71.1. The molecule has 1 aromatic carbocycles. The zero-order chi connectivity index (χ0) is 61.6. The smallest absolute Gasteiger partial charge is 0.477 e. The van der Waals surface area contributed by atoms with Crippen molar-refractivity contribution in [1.82, 2.24) is 19.7 Å². The molecular formula is C60H96ClN5O18. The van der Waals surface area contributed by atoms with E-state index < -0.39 is 107 Å². The molecule has 23 nitrogen and oxygen atoms in total. The molecule has 5 heterocycles. The SMILES string of the molecule is CC[C@H]1OC(=O)[C@H](C)[C@@H](O[C@H]2C[C@@](C)(OC)[C@@H](OCCNCCOCCOCCNc3cc4c(=O)c(C(=O)O)cn(C5CC5)c4cc3Cl)[C@H](C)O2)[C@H](C)[C@@H](O[C@@H]2O[C@H](C)C[C@H](N(C)C)[C@H]2O)[C@](C)(O)C[C@@H](C)CN(C)[C@H](C)[C@H]2OC(=O)O[C@@]21C. The topological polar surface area (TPSA) is 266 Å². The third-order valence-electron chi connectivity index (χ3n) is 17.9. The fourth-order valence-corrected chi connectivity index (χ4v) is 13.3. The highest BCUT2D eigenvalue weighted by Crippen LogP contribution is 2.43. The van der Waals surface area contributed by atoms with Gasteiger partial charge in [0.25, 0.3) is 0 Å². The Morgan fingerprint density at radius 1 is 0.905 bits per heavy atom. The van der Waals surface area contributed by atoms with Crippen LogP contribution in [0.25, 0.3) is 10.9 Å². The molecule has 84 heavy (non-hydrogen) atoms. The van der Waals surface area contributed by atoms with Crippen LogP contribution in [0.15, 0.2) is 23.1 Å². The normalized spacial score (nSPS) is 36.6. The van der Waals surface area contributed by atoms with Gasteiger partial charge in [0.15, 0.2) is 24.3 Å². The van der Waals surface area contributed by atoms with Crippen LogP contribution in [-0.4, -0.2) is 226 Å². The Kier molecular flexibility index (Phi) is 23.4. The maximum atomic E-state index is 14.8. The lowest BCUT2D eigenvalue weighted by molar-refractivity contribution is -0.320. The lowest BCUT2D eigenvalue weighted by Crippen LogP contribution is -2.61. The minimum absolute atomic E-state index is 0.150. The van der Waals surface area contributed by atoms with Gasteiger partial charge in [0, 0.05) is 75.3 Å². The Bertz CT molecular complexity index is 2590. The summed E-state index contributed by atoms with van der Waals surface area (Å²) >= 11 is 6.59. The van der Waals surface area contributed by atoms with Crippen LogP contribution >= 0.6 is 11.6 Å². The molecule has 5 N–H and O–H groups in total. The van der Waals surface area contributed by atoms with Crippen molar-refractivity contribution in [3.05, 3.63) is 39.1 Å². The zero-order valence-corrected chi connectivity index (χ0v) is 52.5. The number of carbonyl (C=O) groups is 3. The molecule has 0 spiro atoms. The maximum Gasteiger partial charge on any atom is 0.509 e. The number of ether oxygens (including phenoxy) is 11. The van der Waals surface area contributed by atoms with E-state index in [1.165, 1.54) is 6.20 Å². The van der Waals surface area contributed by atoms with Crippen molar-refractivity contribution in [3.63, 3.8) is 0 Å². The van der Waals surface area contributed by atoms with Crippen LogP contribution in [0.2, 0.25) is 5.02 Å². The van der Waals surface area contributed by atoms with E-state index in [-0.39, 0.29) is 48.6 Å². The van der Waals surface area contributed by atoms with Crippen molar-refractivity contribution in [3.8, 4) is 0 Å². The first-order valence-corrected chi connectivity index (χ1v) is 30.4. The van der Waals surface area contributed by atoms with Gasteiger partial charge in [-0.25, -0.2) is 9.59 Å². The fraction of sp³-hybridized carbons (Fsp3) is 0.800. The van der Waals surface area contributed by atoms with E-state index in [0.717, 1.165) is 12.8 Å². The number of fused-ring (bicyclic) bond motifs is 2. The molecule has 7 rings (SSSR count). The number of hydrogen-bond acceptors (Lipinski definition) is 21. The van der Waals surface area contributed by atoms with Crippen molar-refractivity contribution in [1.29, 1.82) is 0 Å². The van der Waals surface area contributed by atoms with Crippen LogP contribution in [0.3, 0.4) is 0 Å². The van der Waals surface area contributed by atoms with E-state index in [2.05, 4.69) is 15.5 Å². The van der Waals surface area contributed by atoms with Crippen molar-refractivity contribution in [2.45, 2.75) is 204 Å². The number of pyridine rings is 1. The number of hydrogen-bond donors (Lipinski definition) is 5. The van der Waals surface area contributed by atoms with Crippen LogP contribution in [0.4, 0.5) is 10.5 Å². The average Bonchev–Trinajstić information content (AvgIpc) is 3.14. The zero-order valence-electron chi connectivity index (χ0n) is 51.8. The van der Waals surface area contributed by atoms with E-state index in [1.54, 1.807) is 40.0 Å². The lowest BCUT2D eigenvalue weighted by atomic mass is 9.77. The van der Waals surface area contributed by atoms with Gasteiger partial charge in [0.05, 0.1) is 90.8 Å². The molecule has 4 aliphatic heterocycles. The highest BCUT2D eigenvalue weighted by Gasteiger charge is 2.58. The number of cyclic esters (lactones) is 1. The van der Waals surface area contributed by atoms with Crippen LogP contribution < -0.4 is 16.1 Å². The van der Waals surface area contributed by atoms with Gasteiger partial charge in [-0.2, -0.15) is 0 Å². The number of aliphatic hydroxyl groups excluding tert-OH is 1. The molecule has 476 valence electrons. The van der Waals surface area contributed by atoms with Gasteiger partial charge in [-0.05, 0) is 120 Å². The van der Waals surface area contributed by atoms with Crippen molar-refractivity contribution >= 4 is 46.3 Å². The summed E-state index contributed by atoms with van der Waals surface area (Å²) in [5, 5.41) is 41.6. The number of carbonyl (C=O) groups excluding carboxylic acids is 2. The molecule has 0 bridgehead atoms. The minimum Gasteiger partial charge on any atom is -0.477 e. The number of anilines is 1. The van der Waals surface area contributed by atoms with Gasteiger partial charge in [-0.15, -0.1) is 0 Å². The second kappa shape index (κ2) is 29.0. The van der Waals surface area contributed by atoms with E-state index in [1.807, 2.05) is 79.1 Å². The second-order valence-corrected chi connectivity index (χ2v) is 25.4. The summed E-state index contributed by atoms with van der Waals surface area (Å²) in [4.78, 5) is 56.6. The number of aromatic nitrogens is 1. The monoisotopic (exact) mass is 1210 g/mol. The summed E-state index contributed by atoms with van der Waals surface area (Å²) in [5.41, 5.74) is -3.55. The van der Waals surface area contributed by atoms with E-state index in [4.69, 9.17) is 63.7 Å². The molecule has 2 aromatic rings. The Balaban J connectivity index is 0.952. The first kappa shape index (κ1) is 67.7. The summed E-state index contributed by atoms with van der Waals surface area (Å²) in [6, 6.07) is 2.78. The average molecular weight is 1210 g/mol. The molecule has 24 heteroatoms. The number of esters is 1. The molecule has 0 amide bonds. The minimum atomic E-state index is -1.59. The van der Waals surface area contributed by atoms with E-state index >= 15 is 0 Å². The largest absolute Gasteiger partial charge is 0.509 e. The van der Waals surface area contributed by atoms with Crippen molar-refractivity contribution in [2.75, 3.05) is 92.8 Å². The summed E-state index contributed by atoms with van der Waals surface area (Å²) in [6.45, 7) is 22.3. The van der Waals surface area contributed by atoms with Gasteiger partial charge in [-0.1, -0.05) is 32.4 Å². The lowest BCUT2D eigenvalue weighted by Gasteiger charge is -2.49. The van der Waals surface area contributed by atoms with Gasteiger partial charge in [0.1, 0.15) is 23.9 Å². The molecule has 0 unspecified atom stereocenters. The highest BCUT2D eigenvalue weighted by molar-refractivity contribution is 6.34. The van der Waals surface area contributed by atoms with Crippen LogP contribution in [-0.2, 0) is 56.9 Å². The van der Waals surface area contributed by atoms with Crippen molar-refractivity contribution < 1.29 is 81.8 Å². The number of halogens is 1. The number of likely N-dealkylation sites (N-methyl/N-ethyl adjacent to an activating group) is 2. The summed E-state index contributed by atoms with van der Waals surface area (Å²) in [5.74, 6) is -3.85. The first-order valence-electron chi connectivity index (χ1n) is 30.0. The molecular weight excluding hydrogens is 1110 g/mol. The number of carboxylic acid groups (broad SMARTS) is 1. The number of nitrogens with zero attached hydrogens (tertiary/aromatic N) is 3. The van der Waals surface area contributed by atoms with Gasteiger partial charge >= 0.3 is 18.1 Å². The molecule has 18 atom stereocenters. The molecule has 1 aromatic heterocycles. The predicted molar refractivity (Wildman–Crippen MR) is 312 cm³/mol. The Morgan fingerprint density at radius 2 is 1.58 bits per heavy atom. The third kappa shape index (κ3) is 15.9. The van der Waals surface area contributed by atoms with Crippen molar-refractivity contribution in [2.24, 2.45) is 17.8 Å². The van der Waals surface area contributed by atoms with E-state index in [0.29, 0.717) is 93.7 Å². The Labute approximate surface area is 499 Å².